The van der Waals surface area contributed by atoms with Crippen LogP contribution in [0.4, 0.5) is 21.0 Å². The van der Waals surface area contributed by atoms with Crippen molar-refractivity contribution in [3.63, 3.8) is 0 Å². The molecule has 2 aliphatic rings. The first-order valence-corrected chi connectivity index (χ1v) is 11.5. The molecule has 170 valence electrons. The summed E-state index contributed by atoms with van der Waals surface area (Å²) in [6, 6.07) is 10.7. The molecule has 11 heteroatoms. The quantitative estimate of drug-likeness (QED) is 0.591. The van der Waals surface area contributed by atoms with Crippen LogP contribution in [-0.4, -0.2) is 56.4 Å². The van der Waals surface area contributed by atoms with Crippen molar-refractivity contribution in [3.8, 4) is 0 Å². The second-order valence-electron chi connectivity index (χ2n) is 7.72. The second-order valence-corrected chi connectivity index (χ2v) is 9.43. The number of benzene rings is 1. The maximum absolute atomic E-state index is 12.3. The van der Waals surface area contributed by atoms with Crippen LogP contribution in [0.5, 0.6) is 0 Å². The van der Waals surface area contributed by atoms with Crippen LogP contribution in [0.15, 0.2) is 36.4 Å². The molecule has 1 unspecified atom stereocenters. The Morgan fingerprint density at radius 2 is 1.81 bits per heavy atom. The molecular formula is C21H24ClN5O4S. The number of nitrogens with two attached hydrogens (primary N) is 1. The summed E-state index contributed by atoms with van der Waals surface area (Å²) in [6.45, 7) is 2.21. The number of ether oxygens (including phenoxy) is 1. The fraction of sp³-hybridized carbons (Fsp3) is 0.381. The third-order valence-corrected chi connectivity index (χ3v) is 6.76. The predicted octanol–water partition coefficient (Wildman–Crippen LogP) is 2.79. The third-order valence-electron chi connectivity index (χ3n) is 5.53. The van der Waals surface area contributed by atoms with Crippen LogP contribution >= 0.6 is 22.9 Å². The highest BCUT2D eigenvalue weighted by molar-refractivity contribution is 7.18. The van der Waals surface area contributed by atoms with Crippen molar-refractivity contribution in [1.82, 2.24) is 10.6 Å². The van der Waals surface area contributed by atoms with Gasteiger partial charge in [0, 0.05) is 30.5 Å². The normalized spacial score (nSPS) is 19.0. The van der Waals surface area contributed by atoms with Gasteiger partial charge in [0.2, 0.25) is 0 Å². The number of cyclic esters (lactones) is 1. The predicted molar refractivity (Wildman–Crippen MR) is 124 cm³/mol. The van der Waals surface area contributed by atoms with E-state index in [0.717, 1.165) is 37.3 Å². The number of hydrogen-bond donors (Lipinski definition) is 3. The van der Waals surface area contributed by atoms with E-state index in [0.29, 0.717) is 15.8 Å². The summed E-state index contributed by atoms with van der Waals surface area (Å²) in [5.41, 5.74) is 6.99. The Bertz CT molecular complexity index is 990. The van der Waals surface area contributed by atoms with E-state index in [4.69, 9.17) is 22.1 Å². The van der Waals surface area contributed by atoms with Crippen LogP contribution < -0.4 is 26.2 Å². The van der Waals surface area contributed by atoms with Gasteiger partial charge in [-0.3, -0.25) is 9.69 Å². The summed E-state index contributed by atoms with van der Waals surface area (Å²) in [5.74, 6) is -0.240. The van der Waals surface area contributed by atoms with Crippen LogP contribution in [-0.2, 0) is 4.74 Å². The molecule has 3 heterocycles. The van der Waals surface area contributed by atoms with Gasteiger partial charge < -0.3 is 26.0 Å². The highest BCUT2D eigenvalue weighted by Gasteiger charge is 2.32. The number of primary amides is 1. The van der Waals surface area contributed by atoms with Crippen LogP contribution in [0, 0.1) is 0 Å². The van der Waals surface area contributed by atoms with Crippen molar-refractivity contribution in [3.05, 3.63) is 45.6 Å². The Labute approximate surface area is 194 Å². The minimum atomic E-state index is -0.487. The number of halogens is 1. The lowest BCUT2D eigenvalue weighted by Crippen LogP contribution is -2.46. The van der Waals surface area contributed by atoms with Gasteiger partial charge in [-0.15, -0.1) is 11.3 Å². The zero-order valence-corrected chi connectivity index (χ0v) is 18.8. The monoisotopic (exact) mass is 477 g/mol. The number of hydrogen-bond acceptors (Lipinski definition) is 6. The number of nitrogens with one attached hydrogen (secondary N) is 2. The second kappa shape index (κ2) is 9.66. The molecule has 4 amide bonds. The number of anilines is 2. The number of amides is 4. The van der Waals surface area contributed by atoms with Gasteiger partial charge in [-0.05, 0) is 49.2 Å². The summed E-state index contributed by atoms with van der Waals surface area (Å²) in [4.78, 5) is 39.8. The Morgan fingerprint density at radius 3 is 2.44 bits per heavy atom. The summed E-state index contributed by atoms with van der Waals surface area (Å²) < 4.78 is 5.95. The van der Waals surface area contributed by atoms with E-state index in [9.17, 15) is 14.4 Å². The van der Waals surface area contributed by atoms with Crippen molar-refractivity contribution in [1.29, 1.82) is 0 Å². The maximum atomic E-state index is 12.3. The molecule has 4 rings (SSSR count). The largest absolute Gasteiger partial charge is 0.442 e. The van der Waals surface area contributed by atoms with Gasteiger partial charge in [0.15, 0.2) is 0 Å². The molecule has 1 aromatic carbocycles. The molecule has 0 spiro atoms. The average Bonchev–Trinajstić information content (AvgIpc) is 3.38. The fourth-order valence-electron chi connectivity index (χ4n) is 3.90. The van der Waals surface area contributed by atoms with Crippen molar-refractivity contribution < 1.29 is 19.1 Å². The molecule has 2 aliphatic heterocycles. The first-order valence-electron chi connectivity index (χ1n) is 10.3. The van der Waals surface area contributed by atoms with Gasteiger partial charge in [-0.1, -0.05) is 11.6 Å². The molecule has 1 atom stereocenters. The number of thiophene rings is 1. The number of rotatable bonds is 6. The molecule has 2 fully saturated rings. The smallest absolute Gasteiger partial charge is 0.414 e. The highest BCUT2D eigenvalue weighted by atomic mass is 35.5. The molecular weight excluding hydrogens is 454 g/mol. The molecule has 0 saturated carbocycles. The lowest BCUT2D eigenvalue weighted by molar-refractivity contribution is 0.0920. The molecule has 0 radical (unpaired) electrons. The number of urea groups is 1. The van der Waals surface area contributed by atoms with Crippen molar-refractivity contribution in [2.75, 3.05) is 36.0 Å². The Hall–Kier alpha value is -2.98. The topological polar surface area (TPSA) is 117 Å². The van der Waals surface area contributed by atoms with Gasteiger partial charge in [0.05, 0.1) is 22.3 Å². The van der Waals surface area contributed by atoms with Gasteiger partial charge in [-0.25, -0.2) is 9.59 Å². The maximum Gasteiger partial charge on any atom is 0.414 e. The minimum absolute atomic E-state index is 0.108. The van der Waals surface area contributed by atoms with Crippen LogP contribution in [0.1, 0.15) is 22.5 Å². The molecule has 0 aliphatic carbocycles. The third kappa shape index (κ3) is 5.25. The number of piperidine rings is 1. The molecule has 2 saturated heterocycles. The van der Waals surface area contributed by atoms with E-state index >= 15 is 0 Å². The van der Waals surface area contributed by atoms with E-state index < -0.39 is 18.2 Å². The molecule has 1 aromatic heterocycles. The Balaban J connectivity index is 1.29. The molecule has 0 bridgehead atoms. The lowest BCUT2D eigenvalue weighted by Gasteiger charge is -2.33. The standard InChI is InChI=1S/C21H24ClN5O4S/c22-18-6-5-17(32-18)19(28)24-11-16-12-27(21(30)31-16)15-3-1-14(2-4-15)26-9-7-13(8-10-26)25-20(23)29/h1-6,13,16H,7-12H2,(H,24,28)(H3,23,25,29). The highest BCUT2D eigenvalue weighted by Crippen LogP contribution is 2.27. The van der Waals surface area contributed by atoms with E-state index in [1.165, 1.54) is 11.3 Å². The zero-order chi connectivity index (χ0) is 22.7. The molecule has 4 N–H and O–H groups in total. The first-order chi connectivity index (χ1) is 15.4. The van der Waals surface area contributed by atoms with Gasteiger partial charge >= 0.3 is 12.1 Å². The fourth-order valence-corrected chi connectivity index (χ4v) is 4.85. The van der Waals surface area contributed by atoms with Crippen molar-refractivity contribution in [2.24, 2.45) is 5.73 Å². The van der Waals surface area contributed by atoms with Crippen LogP contribution in [0.25, 0.3) is 0 Å². The van der Waals surface area contributed by atoms with E-state index in [1.807, 2.05) is 24.3 Å². The first kappa shape index (κ1) is 22.2. The number of carbonyl (C=O) groups is 3. The van der Waals surface area contributed by atoms with Gasteiger partial charge in [-0.2, -0.15) is 0 Å². The van der Waals surface area contributed by atoms with E-state index in [1.54, 1.807) is 17.0 Å². The average molecular weight is 478 g/mol. The Kier molecular flexibility index (Phi) is 6.71. The summed E-state index contributed by atoms with van der Waals surface area (Å²) in [7, 11) is 0. The molecule has 2 aromatic rings. The summed E-state index contributed by atoms with van der Waals surface area (Å²) in [6.07, 6.45) is 0.787. The Morgan fingerprint density at radius 1 is 1.12 bits per heavy atom. The van der Waals surface area contributed by atoms with Crippen LogP contribution in [0.3, 0.4) is 0 Å². The summed E-state index contributed by atoms with van der Waals surface area (Å²) >= 11 is 7.06. The summed E-state index contributed by atoms with van der Waals surface area (Å²) in [5, 5.41) is 5.54. The number of nitrogens with zero attached hydrogens (tertiary/aromatic N) is 2. The van der Waals surface area contributed by atoms with E-state index in [2.05, 4.69) is 15.5 Å². The minimum Gasteiger partial charge on any atom is -0.442 e. The lowest BCUT2D eigenvalue weighted by atomic mass is 10.0. The van der Waals surface area contributed by atoms with Crippen molar-refractivity contribution >= 4 is 52.3 Å². The SMILES string of the molecule is NC(=O)NC1CCN(c2ccc(N3CC(CNC(=O)c4ccc(Cl)s4)OC3=O)cc2)CC1. The number of carbonyl (C=O) groups excluding carboxylic acids is 3. The zero-order valence-electron chi connectivity index (χ0n) is 17.3. The molecule has 32 heavy (non-hydrogen) atoms. The van der Waals surface area contributed by atoms with Gasteiger partial charge in [0.1, 0.15) is 6.10 Å². The van der Waals surface area contributed by atoms with Crippen molar-refractivity contribution in [2.45, 2.75) is 25.0 Å². The molecule has 9 nitrogen and oxygen atoms in total. The van der Waals surface area contributed by atoms with Gasteiger partial charge in [0.25, 0.3) is 5.91 Å². The van der Waals surface area contributed by atoms with E-state index in [-0.39, 0.29) is 18.5 Å². The van der Waals surface area contributed by atoms with Crippen LogP contribution in [0.2, 0.25) is 4.34 Å².